The Labute approximate surface area is 136 Å². The quantitative estimate of drug-likeness (QED) is 0.882. The lowest BCUT2D eigenvalue weighted by Gasteiger charge is -2.27. The summed E-state index contributed by atoms with van der Waals surface area (Å²) in [6.07, 6.45) is 1.43. The fourth-order valence-corrected chi connectivity index (χ4v) is 4.37. The number of nitrogens with one attached hydrogen (secondary N) is 1. The first kappa shape index (κ1) is 18.6. The summed E-state index contributed by atoms with van der Waals surface area (Å²) in [4.78, 5) is -0.303. The number of nitrogens with zero attached hydrogens (tertiary/aromatic N) is 1. The van der Waals surface area contributed by atoms with Gasteiger partial charge in [-0.3, -0.25) is 0 Å². The molecular weight excluding hydrogens is 338 g/mol. The summed E-state index contributed by atoms with van der Waals surface area (Å²) in [7, 11) is -3.83. The minimum absolute atomic E-state index is 0. The molecular formula is C13H19Cl2FN2O2S. The molecule has 0 aromatic heterocycles. The lowest BCUT2D eigenvalue weighted by molar-refractivity contribution is 0.333. The second-order valence-corrected chi connectivity index (χ2v) is 7.13. The van der Waals surface area contributed by atoms with Crippen LogP contribution in [0, 0.1) is 5.82 Å². The normalized spacial score (nSPS) is 18.8. The molecule has 0 aliphatic carbocycles. The van der Waals surface area contributed by atoms with Crippen molar-refractivity contribution in [1.29, 1.82) is 0 Å². The van der Waals surface area contributed by atoms with Gasteiger partial charge in [-0.05, 0) is 37.6 Å². The van der Waals surface area contributed by atoms with E-state index >= 15 is 0 Å². The number of benzene rings is 1. The standard InChI is InChI=1S/C13H18ClFN2O2S.ClH/c1-2-7-17(11-5-6-16-9-11)20(18,19)13-4-3-10(14)8-12(13)15;/h3-4,8,11,16H,2,5-7,9H2,1H3;1H. The van der Waals surface area contributed by atoms with Crippen LogP contribution in [0.2, 0.25) is 5.02 Å². The van der Waals surface area contributed by atoms with Crippen molar-refractivity contribution in [3.63, 3.8) is 0 Å². The van der Waals surface area contributed by atoms with Gasteiger partial charge in [-0.2, -0.15) is 4.31 Å². The van der Waals surface area contributed by atoms with E-state index in [1.165, 1.54) is 16.4 Å². The van der Waals surface area contributed by atoms with Crippen molar-refractivity contribution in [1.82, 2.24) is 9.62 Å². The molecule has 1 fully saturated rings. The Morgan fingerprint density at radius 3 is 2.71 bits per heavy atom. The molecule has 0 amide bonds. The highest BCUT2D eigenvalue weighted by molar-refractivity contribution is 7.89. The molecule has 1 heterocycles. The smallest absolute Gasteiger partial charge is 0.246 e. The molecule has 21 heavy (non-hydrogen) atoms. The largest absolute Gasteiger partial charge is 0.315 e. The highest BCUT2D eigenvalue weighted by Gasteiger charge is 2.34. The number of sulfonamides is 1. The molecule has 1 unspecified atom stereocenters. The van der Waals surface area contributed by atoms with E-state index in [9.17, 15) is 12.8 Å². The summed E-state index contributed by atoms with van der Waals surface area (Å²) in [6, 6.07) is 3.55. The molecule has 1 aromatic rings. The van der Waals surface area contributed by atoms with Crippen molar-refractivity contribution in [3.8, 4) is 0 Å². The van der Waals surface area contributed by atoms with Crippen LogP contribution in [-0.2, 0) is 10.0 Å². The Hall–Kier alpha value is -0.400. The highest BCUT2D eigenvalue weighted by Crippen LogP contribution is 2.25. The van der Waals surface area contributed by atoms with E-state index in [-0.39, 0.29) is 28.4 Å². The number of hydrogen-bond donors (Lipinski definition) is 1. The average molecular weight is 357 g/mol. The van der Waals surface area contributed by atoms with Gasteiger partial charge in [0.15, 0.2) is 0 Å². The summed E-state index contributed by atoms with van der Waals surface area (Å²) >= 11 is 5.68. The predicted molar refractivity (Wildman–Crippen MR) is 84.1 cm³/mol. The van der Waals surface area contributed by atoms with Gasteiger partial charge in [0.05, 0.1) is 0 Å². The molecule has 1 aromatic carbocycles. The van der Waals surface area contributed by atoms with Gasteiger partial charge in [0.25, 0.3) is 0 Å². The first-order chi connectivity index (χ1) is 9.46. The molecule has 8 heteroatoms. The lowest BCUT2D eigenvalue weighted by Crippen LogP contribution is -2.42. The van der Waals surface area contributed by atoms with Gasteiger partial charge in [-0.1, -0.05) is 18.5 Å². The summed E-state index contributed by atoms with van der Waals surface area (Å²) in [5.74, 6) is -0.801. The van der Waals surface area contributed by atoms with Crippen LogP contribution in [0.1, 0.15) is 19.8 Å². The Morgan fingerprint density at radius 1 is 1.48 bits per heavy atom. The first-order valence-electron chi connectivity index (χ1n) is 6.64. The van der Waals surface area contributed by atoms with E-state index in [1.54, 1.807) is 0 Å². The fraction of sp³-hybridized carbons (Fsp3) is 0.538. The molecule has 4 nitrogen and oxygen atoms in total. The summed E-state index contributed by atoms with van der Waals surface area (Å²) < 4.78 is 40.6. The summed E-state index contributed by atoms with van der Waals surface area (Å²) in [6.45, 7) is 3.68. The van der Waals surface area contributed by atoms with Gasteiger partial charge < -0.3 is 5.32 Å². The molecule has 0 bridgehead atoms. The van der Waals surface area contributed by atoms with Crippen LogP contribution in [0.3, 0.4) is 0 Å². The molecule has 1 aliphatic heterocycles. The van der Waals surface area contributed by atoms with Crippen molar-refractivity contribution in [3.05, 3.63) is 29.0 Å². The molecule has 0 saturated carbocycles. The highest BCUT2D eigenvalue weighted by atomic mass is 35.5. The first-order valence-corrected chi connectivity index (χ1v) is 8.46. The monoisotopic (exact) mass is 356 g/mol. The van der Waals surface area contributed by atoms with Gasteiger partial charge in [-0.15, -0.1) is 12.4 Å². The van der Waals surface area contributed by atoms with Crippen molar-refractivity contribution < 1.29 is 12.8 Å². The topological polar surface area (TPSA) is 49.4 Å². The second-order valence-electron chi connectivity index (χ2n) is 4.84. The SMILES string of the molecule is CCCN(C1CCNC1)S(=O)(=O)c1ccc(Cl)cc1F.Cl. The summed E-state index contributed by atoms with van der Waals surface area (Å²) in [5, 5.41) is 3.32. The van der Waals surface area contributed by atoms with Gasteiger partial charge in [0, 0.05) is 24.2 Å². The Kier molecular flexibility index (Phi) is 6.87. The van der Waals surface area contributed by atoms with Gasteiger partial charge >= 0.3 is 0 Å². The molecule has 1 aliphatic rings. The third kappa shape index (κ3) is 4.07. The maximum Gasteiger partial charge on any atom is 0.246 e. The minimum Gasteiger partial charge on any atom is -0.315 e. The zero-order chi connectivity index (χ0) is 14.8. The van der Waals surface area contributed by atoms with E-state index in [0.29, 0.717) is 19.5 Å². The van der Waals surface area contributed by atoms with E-state index in [1.807, 2.05) is 6.92 Å². The zero-order valence-corrected chi connectivity index (χ0v) is 14.1. The molecule has 1 atom stereocenters. The molecule has 120 valence electrons. The van der Waals surface area contributed by atoms with Crippen LogP contribution in [0.25, 0.3) is 0 Å². The van der Waals surface area contributed by atoms with E-state index in [0.717, 1.165) is 19.0 Å². The Balaban J connectivity index is 0.00000220. The molecule has 2 rings (SSSR count). The molecule has 0 radical (unpaired) electrons. The Bertz CT molecular complexity index is 578. The van der Waals surface area contributed by atoms with Gasteiger partial charge in [0.1, 0.15) is 10.7 Å². The number of halogens is 3. The minimum atomic E-state index is -3.83. The number of rotatable bonds is 5. The van der Waals surface area contributed by atoms with E-state index in [4.69, 9.17) is 11.6 Å². The van der Waals surface area contributed by atoms with Gasteiger partial charge in [0.2, 0.25) is 10.0 Å². The maximum atomic E-state index is 13.9. The molecule has 1 saturated heterocycles. The molecule has 1 N–H and O–H groups in total. The number of hydrogen-bond acceptors (Lipinski definition) is 3. The van der Waals surface area contributed by atoms with Crippen LogP contribution in [-0.4, -0.2) is 38.4 Å². The third-order valence-electron chi connectivity index (χ3n) is 3.37. The molecule has 0 spiro atoms. The fourth-order valence-electron chi connectivity index (χ4n) is 2.42. The van der Waals surface area contributed by atoms with E-state index in [2.05, 4.69) is 5.32 Å². The van der Waals surface area contributed by atoms with E-state index < -0.39 is 15.8 Å². The second kappa shape index (κ2) is 7.74. The zero-order valence-electron chi connectivity index (χ0n) is 11.7. The van der Waals surface area contributed by atoms with Crippen molar-refractivity contribution in [2.45, 2.75) is 30.7 Å². The van der Waals surface area contributed by atoms with Crippen LogP contribution in [0.4, 0.5) is 4.39 Å². The average Bonchev–Trinajstić information content (AvgIpc) is 2.88. The maximum absolute atomic E-state index is 13.9. The van der Waals surface area contributed by atoms with Crippen molar-refractivity contribution in [2.24, 2.45) is 0 Å². The van der Waals surface area contributed by atoms with Crippen LogP contribution in [0.5, 0.6) is 0 Å². The third-order valence-corrected chi connectivity index (χ3v) is 5.59. The lowest BCUT2D eigenvalue weighted by atomic mass is 10.2. The van der Waals surface area contributed by atoms with Crippen molar-refractivity contribution in [2.75, 3.05) is 19.6 Å². The van der Waals surface area contributed by atoms with Crippen LogP contribution >= 0.6 is 24.0 Å². The predicted octanol–water partition coefficient (Wildman–Crippen LogP) is 2.66. The van der Waals surface area contributed by atoms with Crippen LogP contribution in [0.15, 0.2) is 23.1 Å². The Morgan fingerprint density at radius 2 is 2.19 bits per heavy atom. The van der Waals surface area contributed by atoms with Crippen LogP contribution < -0.4 is 5.32 Å². The van der Waals surface area contributed by atoms with Crippen molar-refractivity contribution >= 4 is 34.0 Å². The van der Waals surface area contributed by atoms with Gasteiger partial charge in [-0.25, -0.2) is 12.8 Å². The summed E-state index contributed by atoms with van der Waals surface area (Å²) in [5.41, 5.74) is 0.